The molecule has 1 fully saturated rings. The highest BCUT2D eigenvalue weighted by Gasteiger charge is 2.54. The van der Waals surface area contributed by atoms with Crippen molar-refractivity contribution in [1.29, 1.82) is 0 Å². The molecule has 0 spiro atoms. The molecule has 0 aromatic carbocycles. The smallest absolute Gasteiger partial charge is 0.399 e. The molecule has 0 radical (unpaired) electrons. The van der Waals surface area contributed by atoms with Gasteiger partial charge in [0.2, 0.25) is 0 Å². The summed E-state index contributed by atoms with van der Waals surface area (Å²) in [7, 11) is -0.599. The number of hydrogen-bond acceptors (Lipinski definition) is 5. The second-order valence-electron chi connectivity index (χ2n) is 7.94. The first kappa shape index (κ1) is 17.2. The number of amides is 2. The van der Waals surface area contributed by atoms with Gasteiger partial charge in [-0.3, -0.25) is 0 Å². The van der Waals surface area contributed by atoms with Crippen LogP contribution in [-0.2, 0) is 9.31 Å². The first-order valence-electron chi connectivity index (χ1n) is 8.71. The molecule has 8 heteroatoms. The van der Waals surface area contributed by atoms with Gasteiger partial charge in [-0.15, -0.1) is 0 Å². The summed E-state index contributed by atoms with van der Waals surface area (Å²) in [6, 6.07) is -0.381. The lowest BCUT2D eigenvalue weighted by atomic mass is 9.70. The van der Waals surface area contributed by atoms with Gasteiger partial charge < -0.3 is 19.1 Å². The maximum absolute atomic E-state index is 11.9. The van der Waals surface area contributed by atoms with Crippen LogP contribution in [-0.4, -0.2) is 35.2 Å². The van der Waals surface area contributed by atoms with Crippen molar-refractivity contribution in [1.82, 2.24) is 10.5 Å². The molecule has 1 atom stereocenters. The van der Waals surface area contributed by atoms with Crippen LogP contribution in [0.1, 0.15) is 50.6 Å². The molecule has 1 aromatic heterocycles. The molecular formula is C18H22BN3O4. The van der Waals surface area contributed by atoms with Crippen LogP contribution in [0.2, 0.25) is 0 Å². The summed E-state index contributed by atoms with van der Waals surface area (Å²) in [6.07, 6.45) is 3.99. The zero-order valence-electron chi connectivity index (χ0n) is 15.8. The molecule has 2 amide bonds. The molecule has 136 valence electrons. The van der Waals surface area contributed by atoms with E-state index in [1.165, 1.54) is 0 Å². The fraction of sp³-hybridized carbons (Fsp3) is 0.500. The van der Waals surface area contributed by atoms with Gasteiger partial charge in [0.15, 0.2) is 0 Å². The number of hydrogen-bond donors (Lipinski definition) is 1. The highest BCUT2D eigenvalue weighted by molar-refractivity contribution is 6.64. The van der Waals surface area contributed by atoms with Crippen LogP contribution in [0.25, 0.3) is 0 Å². The summed E-state index contributed by atoms with van der Waals surface area (Å²) in [5, 5.41) is 6.84. The number of urea groups is 1. The average molecular weight is 355 g/mol. The summed E-state index contributed by atoms with van der Waals surface area (Å²) >= 11 is 0. The number of carbonyl (C=O) groups is 1. The van der Waals surface area contributed by atoms with Crippen LogP contribution >= 0.6 is 0 Å². The monoisotopic (exact) mass is 355 g/mol. The van der Waals surface area contributed by atoms with E-state index >= 15 is 0 Å². The van der Waals surface area contributed by atoms with E-state index in [1.807, 2.05) is 53.7 Å². The Morgan fingerprint density at radius 2 is 1.77 bits per heavy atom. The zero-order chi connectivity index (χ0) is 18.9. The number of carbonyl (C=O) groups excluding carboxylic acids is 1. The number of aromatic nitrogens is 1. The van der Waals surface area contributed by atoms with Gasteiger partial charge >= 0.3 is 13.1 Å². The predicted molar refractivity (Wildman–Crippen MR) is 96.9 cm³/mol. The van der Waals surface area contributed by atoms with Gasteiger partial charge in [0.1, 0.15) is 5.76 Å². The van der Waals surface area contributed by atoms with Crippen molar-refractivity contribution in [3.8, 4) is 0 Å². The minimum atomic E-state index is -0.599. The predicted octanol–water partition coefficient (Wildman–Crippen LogP) is 2.99. The average Bonchev–Trinajstić information content (AvgIpc) is 3.12. The molecule has 7 nitrogen and oxygen atoms in total. The Labute approximate surface area is 152 Å². The molecular weight excluding hydrogens is 333 g/mol. The first-order chi connectivity index (χ1) is 12.1. The van der Waals surface area contributed by atoms with Crippen molar-refractivity contribution in [2.24, 2.45) is 4.99 Å². The lowest BCUT2D eigenvalue weighted by Crippen LogP contribution is -2.41. The Balaban J connectivity index is 1.79. The van der Waals surface area contributed by atoms with E-state index in [-0.39, 0.29) is 11.9 Å². The normalized spacial score (nSPS) is 26.2. The number of allylic oxidation sites excluding steroid dienone is 3. The number of nitrogens with one attached hydrogen (secondary N) is 1. The topological polar surface area (TPSA) is 86.0 Å². The SMILES string of the molecule is Cc1noc(C)c1C1C=C2NC(=O)N=C2C(B2OC(C)(C)C(C)(C)O2)=C1. The van der Waals surface area contributed by atoms with E-state index in [9.17, 15) is 4.79 Å². The van der Waals surface area contributed by atoms with Gasteiger partial charge in [-0.1, -0.05) is 11.2 Å². The lowest BCUT2D eigenvalue weighted by molar-refractivity contribution is 0.00578. The van der Waals surface area contributed by atoms with Gasteiger partial charge in [-0.25, -0.2) is 4.79 Å². The zero-order valence-corrected chi connectivity index (χ0v) is 15.8. The third kappa shape index (κ3) is 2.47. The van der Waals surface area contributed by atoms with E-state index in [0.717, 1.165) is 22.5 Å². The van der Waals surface area contributed by atoms with E-state index in [1.54, 1.807) is 0 Å². The highest BCUT2D eigenvalue weighted by atomic mass is 16.7. The van der Waals surface area contributed by atoms with E-state index in [2.05, 4.69) is 15.5 Å². The molecule has 1 aliphatic carbocycles. The maximum Gasteiger partial charge on any atom is 0.496 e. The Morgan fingerprint density at radius 1 is 1.12 bits per heavy atom. The van der Waals surface area contributed by atoms with Crippen LogP contribution in [0.3, 0.4) is 0 Å². The molecule has 1 aromatic rings. The Morgan fingerprint density at radius 3 is 2.35 bits per heavy atom. The first-order valence-corrected chi connectivity index (χ1v) is 8.71. The van der Waals surface area contributed by atoms with Crippen LogP contribution in [0.5, 0.6) is 0 Å². The molecule has 2 aliphatic heterocycles. The fourth-order valence-electron chi connectivity index (χ4n) is 3.50. The molecule has 1 N–H and O–H groups in total. The summed E-state index contributed by atoms with van der Waals surface area (Å²) in [4.78, 5) is 16.0. The summed E-state index contributed by atoms with van der Waals surface area (Å²) in [5.41, 5.74) is 2.85. The van der Waals surface area contributed by atoms with Gasteiger partial charge in [0.25, 0.3) is 0 Å². The molecule has 3 aliphatic rings. The van der Waals surface area contributed by atoms with Gasteiger partial charge in [-0.2, -0.15) is 4.99 Å². The third-order valence-corrected chi connectivity index (χ3v) is 5.62. The number of rotatable bonds is 2. The largest absolute Gasteiger partial charge is 0.496 e. The Kier molecular flexibility index (Phi) is 3.58. The second-order valence-corrected chi connectivity index (χ2v) is 7.94. The Hall–Kier alpha value is -2.19. The molecule has 4 rings (SSSR count). The van der Waals surface area contributed by atoms with Gasteiger partial charge in [0.05, 0.1) is 28.3 Å². The van der Waals surface area contributed by atoms with Gasteiger partial charge in [-0.05, 0) is 47.6 Å². The maximum atomic E-state index is 11.9. The van der Waals surface area contributed by atoms with E-state index < -0.39 is 18.3 Å². The number of aryl methyl sites for hydroxylation is 2. The van der Waals surface area contributed by atoms with Crippen molar-refractivity contribution in [2.45, 2.75) is 58.7 Å². The quantitative estimate of drug-likeness (QED) is 0.825. The van der Waals surface area contributed by atoms with E-state index in [4.69, 9.17) is 13.8 Å². The minimum absolute atomic E-state index is 0.109. The van der Waals surface area contributed by atoms with Crippen molar-refractivity contribution in [2.75, 3.05) is 0 Å². The molecule has 0 saturated carbocycles. The number of aliphatic imine (C=N–C) groups is 1. The molecule has 0 bridgehead atoms. The molecule has 1 saturated heterocycles. The molecule has 3 heterocycles. The van der Waals surface area contributed by atoms with Crippen molar-refractivity contribution in [3.05, 3.63) is 40.3 Å². The van der Waals surface area contributed by atoms with Crippen LogP contribution in [0.15, 0.2) is 32.8 Å². The fourth-order valence-corrected chi connectivity index (χ4v) is 3.50. The van der Waals surface area contributed by atoms with Gasteiger partial charge in [0, 0.05) is 17.0 Å². The van der Waals surface area contributed by atoms with Crippen molar-refractivity contribution in [3.63, 3.8) is 0 Å². The summed E-state index contributed by atoms with van der Waals surface area (Å²) < 4.78 is 17.7. The Bertz CT molecular complexity index is 859. The molecule has 1 unspecified atom stereocenters. The summed E-state index contributed by atoms with van der Waals surface area (Å²) in [5.74, 6) is 0.640. The number of nitrogens with zero attached hydrogens (tertiary/aromatic N) is 2. The minimum Gasteiger partial charge on any atom is -0.399 e. The third-order valence-electron chi connectivity index (χ3n) is 5.62. The second kappa shape index (κ2) is 5.41. The van der Waals surface area contributed by atoms with Crippen molar-refractivity contribution >= 4 is 18.9 Å². The van der Waals surface area contributed by atoms with Crippen LogP contribution < -0.4 is 5.32 Å². The lowest BCUT2D eigenvalue weighted by Gasteiger charge is -2.32. The highest BCUT2D eigenvalue weighted by Crippen LogP contribution is 2.41. The number of fused-ring (bicyclic) bond motifs is 1. The van der Waals surface area contributed by atoms with Crippen LogP contribution in [0, 0.1) is 13.8 Å². The summed E-state index contributed by atoms with van der Waals surface area (Å²) in [6.45, 7) is 11.8. The van der Waals surface area contributed by atoms with E-state index in [0.29, 0.717) is 11.4 Å². The molecule has 26 heavy (non-hydrogen) atoms. The van der Waals surface area contributed by atoms with Crippen LogP contribution in [0.4, 0.5) is 4.79 Å². The van der Waals surface area contributed by atoms with Crippen molar-refractivity contribution < 1.29 is 18.6 Å². The standard InChI is InChI=1S/C18H22BN3O4/c1-9-14(10(2)24-22-9)11-7-12(15-13(8-11)20-16(23)21-15)19-25-17(3,4)18(5,6)26-19/h7-8,11H,1-6H3,(H,20,23).